The molecule has 0 aliphatic rings. The van der Waals surface area contributed by atoms with E-state index >= 15 is 0 Å². The topological polar surface area (TPSA) is 77.6 Å². The van der Waals surface area contributed by atoms with Crippen LogP contribution >= 0.6 is 11.6 Å². The van der Waals surface area contributed by atoms with Gasteiger partial charge in [0.1, 0.15) is 12.4 Å². The summed E-state index contributed by atoms with van der Waals surface area (Å²) in [4.78, 5) is 26.6. The number of halogens is 1. The molecule has 1 aromatic carbocycles. The second kappa shape index (κ2) is 9.87. The number of carbonyl (C=O) groups excluding carboxylic acids is 1. The van der Waals surface area contributed by atoms with Gasteiger partial charge in [-0.2, -0.15) is 0 Å². The molecule has 140 valence electrons. The Balaban J connectivity index is 1.77. The zero-order chi connectivity index (χ0) is 18.9. The van der Waals surface area contributed by atoms with Crippen LogP contribution in [0.1, 0.15) is 26.0 Å². The third-order valence-corrected chi connectivity index (χ3v) is 3.70. The molecule has 1 N–H and O–H groups in total. The Labute approximate surface area is 157 Å². The second-order valence-corrected chi connectivity index (χ2v) is 6.56. The SMILES string of the molecule is CC(C)CCOc1c[nH]c(COC(=O)COc2ccc(Cl)cc2)cc1=O. The quantitative estimate of drug-likeness (QED) is 0.674. The Morgan fingerprint density at radius 3 is 2.58 bits per heavy atom. The summed E-state index contributed by atoms with van der Waals surface area (Å²) in [6, 6.07) is 8.00. The van der Waals surface area contributed by atoms with Gasteiger partial charge in [0.25, 0.3) is 0 Å². The van der Waals surface area contributed by atoms with Crippen LogP contribution in [0.25, 0.3) is 0 Å². The molecule has 1 aromatic heterocycles. The van der Waals surface area contributed by atoms with Gasteiger partial charge in [0.05, 0.1) is 12.3 Å². The predicted octanol–water partition coefficient (Wildman–Crippen LogP) is 3.58. The predicted molar refractivity (Wildman–Crippen MR) is 98.8 cm³/mol. The molecule has 0 aliphatic heterocycles. The van der Waals surface area contributed by atoms with Gasteiger partial charge in [0, 0.05) is 17.3 Å². The number of carbonyl (C=O) groups is 1. The molecule has 1 heterocycles. The number of rotatable bonds is 9. The fourth-order valence-electron chi connectivity index (χ4n) is 1.97. The van der Waals surface area contributed by atoms with Crippen molar-refractivity contribution < 1.29 is 19.0 Å². The van der Waals surface area contributed by atoms with Gasteiger partial charge in [0.15, 0.2) is 12.4 Å². The molecule has 0 fully saturated rings. The molecular weight excluding hydrogens is 358 g/mol. The van der Waals surface area contributed by atoms with Crippen molar-refractivity contribution in [2.75, 3.05) is 13.2 Å². The molecule has 0 saturated heterocycles. The monoisotopic (exact) mass is 379 g/mol. The minimum atomic E-state index is -0.543. The molecule has 26 heavy (non-hydrogen) atoms. The summed E-state index contributed by atoms with van der Waals surface area (Å²) in [7, 11) is 0. The number of aromatic amines is 1. The molecule has 0 spiro atoms. The molecule has 0 unspecified atom stereocenters. The van der Waals surface area contributed by atoms with Gasteiger partial charge in [-0.05, 0) is 36.6 Å². The first-order valence-electron chi connectivity index (χ1n) is 8.32. The number of hydrogen-bond donors (Lipinski definition) is 1. The first kappa shape index (κ1) is 19.8. The molecule has 2 rings (SSSR count). The summed E-state index contributed by atoms with van der Waals surface area (Å²) >= 11 is 5.77. The van der Waals surface area contributed by atoms with Crippen LogP contribution in [0.2, 0.25) is 5.02 Å². The largest absolute Gasteiger partial charge is 0.488 e. The normalized spacial score (nSPS) is 10.6. The van der Waals surface area contributed by atoms with Gasteiger partial charge in [-0.25, -0.2) is 4.79 Å². The second-order valence-electron chi connectivity index (χ2n) is 6.12. The number of benzene rings is 1. The fraction of sp³-hybridized carbons (Fsp3) is 0.368. The van der Waals surface area contributed by atoms with Crippen molar-refractivity contribution in [3.63, 3.8) is 0 Å². The lowest BCUT2D eigenvalue weighted by molar-refractivity contribution is -0.147. The van der Waals surface area contributed by atoms with Crippen LogP contribution in [0.3, 0.4) is 0 Å². The molecule has 0 radical (unpaired) electrons. The Hall–Kier alpha value is -2.47. The first-order valence-corrected chi connectivity index (χ1v) is 8.70. The Morgan fingerprint density at radius 1 is 1.19 bits per heavy atom. The molecule has 0 amide bonds. The first-order chi connectivity index (χ1) is 12.4. The molecule has 0 aliphatic carbocycles. The minimum absolute atomic E-state index is 0.0513. The van der Waals surface area contributed by atoms with Crippen LogP contribution in [0.5, 0.6) is 11.5 Å². The smallest absolute Gasteiger partial charge is 0.344 e. The highest BCUT2D eigenvalue weighted by molar-refractivity contribution is 6.30. The maximum absolute atomic E-state index is 12.0. The molecular formula is C19H22ClNO5. The third kappa shape index (κ3) is 6.80. The third-order valence-electron chi connectivity index (χ3n) is 3.45. The Morgan fingerprint density at radius 2 is 1.92 bits per heavy atom. The number of nitrogens with one attached hydrogen (secondary N) is 1. The average Bonchev–Trinajstić information content (AvgIpc) is 2.61. The van der Waals surface area contributed by atoms with E-state index in [1.807, 2.05) is 0 Å². The van der Waals surface area contributed by atoms with Gasteiger partial charge in [0.2, 0.25) is 5.43 Å². The number of pyridine rings is 1. The van der Waals surface area contributed by atoms with E-state index in [1.54, 1.807) is 24.3 Å². The number of H-pyrrole nitrogens is 1. The lowest BCUT2D eigenvalue weighted by Gasteiger charge is -2.09. The number of ether oxygens (including phenoxy) is 3. The van der Waals surface area contributed by atoms with Crippen molar-refractivity contribution in [2.45, 2.75) is 26.9 Å². The van der Waals surface area contributed by atoms with E-state index in [4.69, 9.17) is 25.8 Å². The Bertz CT molecular complexity index is 770. The van der Waals surface area contributed by atoms with Crippen molar-refractivity contribution in [2.24, 2.45) is 5.92 Å². The highest BCUT2D eigenvalue weighted by atomic mass is 35.5. The number of esters is 1. The maximum atomic E-state index is 12.0. The molecule has 7 heteroatoms. The maximum Gasteiger partial charge on any atom is 0.344 e. The molecule has 2 aromatic rings. The highest BCUT2D eigenvalue weighted by Crippen LogP contribution is 2.15. The minimum Gasteiger partial charge on any atom is -0.488 e. The van der Waals surface area contributed by atoms with Gasteiger partial charge >= 0.3 is 5.97 Å². The van der Waals surface area contributed by atoms with Crippen LogP contribution in [0.4, 0.5) is 0 Å². The summed E-state index contributed by atoms with van der Waals surface area (Å²) in [5, 5.41) is 0.584. The van der Waals surface area contributed by atoms with Gasteiger partial charge < -0.3 is 19.2 Å². The summed E-state index contributed by atoms with van der Waals surface area (Å²) in [5.41, 5.74) is 0.224. The number of hydrogen-bond acceptors (Lipinski definition) is 5. The lowest BCUT2D eigenvalue weighted by Crippen LogP contribution is -2.16. The highest BCUT2D eigenvalue weighted by Gasteiger charge is 2.08. The van der Waals surface area contributed by atoms with Crippen LogP contribution in [0, 0.1) is 5.92 Å². The van der Waals surface area contributed by atoms with Crippen molar-refractivity contribution in [1.29, 1.82) is 0 Å². The average molecular weight is 380 g/mol. The summed E-state index contributed by atoms with van der Waals surface area (Å²) in [5.74, 6) is 0.732. The summed E-state index contributed by atoms with van der Waals surface area (Å²) < 4.78 is 15.8. The molecule has 0 bridgehead atoms. The van der Waals surface area contributed by atoms with E-state index in [0.717, 1.165) is 6.42 Å². The fourth-order valence-corrected chi connectivity index (χ4v) is 2.10. The summed E-state index contributed by atoms with van der Waals surface area (Å²) in [6.07, 6.45) is 2.35. The van der Waals surface area contributed by atoms with Crippen molar-refractivity contribution in [3.8, 4) is 11.5 Å². The zero-order valence-electron chi connectivity index (χ0n) is 14.8. The van der Waals surface area contributed by atoms with Gasteiger partial charge in [-0.3, -0.25) is 4.79 Å². The van der Waals surface area contributed by atoms with Crippen LogP contribution in [-0.2, 0) is 16.1 Å². The molecule has 0 atom stereocenters. The van der Waals surface area contributed by atoms with Crippen LogP contribution in [0.15, 0.2) is 41.3 Å². The van der Waals surface area contributed by atoms with E-state index < -0.39 is 5.97 Å². The Kier molecular flexibility index (Phi) is 7.53. The van der Waals surface area contributed by atoms with E-state index in [1.165, 1.54) is 12.3 Å². The van der Waals surface area contributed by atoms with Gasteiger partial charge in [-0.1, -0.05) is 25.4 Å². The zero-order valence-corrected chi connectivity index (χ0v) is 15.5. The number of aromatic nitrogens is 1. The van der Waals surface area contributed by atoms with Crippen molar-refractivity contribution in [1.82, 2.24) is 4.98 Å². The van der Waals surface area contributed by atoms with E-state index in [0.29, 0.717) is 29.0 Å². The van der Waals surface area contributed by atoms with Crippen molar-refractivity contribution >= 4 is 17.6 Å². The molecule has 0 saturated carbocycles. The van der Waals surface area contributed by atoms with Gasteiger partial charge in [-0.15, -0.1) is 0 Å². The van der Waals surface area contributed by atoms with E-state index in [9.17, 15) is 9.59 Å². The van der Waals surface area contributed by atoms with Crippen LogP contribution in [-0.4, -0.2) is 24.2 Å². The van der Waals surface area contributed by atoms with E-state index in [-0.39, 0.29) is 24.4 Å². The van der Waals surface area contributed by atoms with E-state index in [2.05, 4.69) is 18.8 Å². The van der Waals surface area contributed by atoms with Crippen LogP contribution < -0.4 is 14.9 Å². The standard InChI is InChI=1S/C19H22ClNO5/c1-13(2)7-8-24-18-10-21-15(9-17(18)22)11-26-19(23)12-25-16-5-3-14(20)4-6-16/h3-6,9-10,13H,7-8,11-12H2,1-2H3,(H,21,22). The molecule has 6 nitrogen and oxygen atoms in total. The lowest BCUT2D eigenvalue weighted by atomic mass is 10.1. The van der Waals surface area contributed by atoms with Crippen molar-refractivity contribution in [3.05, 3.63) is 57.5 Å². The summed E-state index contributed by atoms with van der Waals surface area (Å²) in [6.45, 7) is 4.37.